The average Bonchev–Trinajstić information content (AvgIpc) is 2.14. The molecule has 1 aliphatic heterocycles. The van der Waals surface area contributed by atoms with Crippen LogP contribution in [-0.2, 0) is 4.79 Å². The molecule has 0 bridgehead atoms. The first-order chi connectivity index (χ1) is 6.66. The Morgan fingerprint density at radius 1 is 1.36 bits per heavy atom. The number of nitrogens with one attached hydrogen (secondary N) is 1. The lowest BCUT2D eigenvalue weighted by atomic mass is 9.97. The molecule has 1 aliphatic rings. The van der Waals surface area contributed by atoms with Gasteiger partial charge in [0.1, 0.15) is 0 Å². The van der Waals surface area contributed by atoms with E-state index < -0.39 is 0 Å². The number of hydrogen-bond acceptors (Lipinski definition) is 2. The van der Waals surface area contributed by atoms with Crippen molar-refractivity contribution >= 4 is 5.91 Å². The van der Waals surface area contributed by atoms with Crippen LogP contribution in [0.15, 0.2) is 0 Å². The summed E-state index contributed by atoms with van der Waals surface area (Å²) < 4.78 is 0. The van der Waals surface area contributed by atoms with Crippen LogP contribution in [0.2, 0.25) is 0 Å². The number of nitrogens with zero attached hydrogens (tertiary/aromatic N) is 1. The normalized spacial score (nSPS) is 27.8. The smallest absolute Gasteiger partial charge is 0.224 e. The quantitative estimate of drug-likeness (QED) is 0.743. The highest BCUT2D eigenvalue weighted by Crippen LogP contribution is 2.22. The Labute approximate surface area is 86.9 Å². The fraction of sp³-hybridized carbons (Fsp3) is 0.909. The first-order valence-electron chi connectivity index (χ1n) is 5.62. The monoisotopic (exact) mass is 198 g/mol. The number of amides is 1. The summed E-state index contributed by atoms with van der Waals surface area (Å²) in [5, 5.41) is 3.02. The molecule has 0 aliphatic carbocycles. The lowest BCUT2D eigenvalue weighted by Crippen LogP contribution is -2.48. The van der Waals surface area contributed by atoms with E-state index in [1.165, 1.54) is 6.42 Å². The SMILES string of the molecule is CNCCC(=O)N1C(C)CCCC1C. The van der Waals surface area contributed by atoms with E-state index in [-0.39, 0.29) is 0 Å². The van der Waals surface area contributed by atoms with Gasteiger partial charge in [0, 0.05) is 25.0 Å². The topological polar surface area (TPSA) is 32.3 Å². The largest absolute Gasteiger partial charge is 0.337 e. The van der Waals surface area contributed by atoms with Gasteiger partial charge < -0.3 is 10.2 Å². The molecule has 14 heavy (non-hydrogen) atoms. The summed E-state index contributed by atoms with van der Waals surface area (Å²) in [6.07, 6.45) is 4.22. The number of carbonyl (C=O) groups is 1. The fourth-order valence-corrected chi connectivity index (χ4v) is 2.27. The third kappa shape index (κ3) is 2.71. The second-order valence-corrected chi connectivity index (χ2v) is 4.28. The molecule has 2 unspecified atom stereocenters. The fourth-order valence-electron chi connectivity index (χ4n) is 2.27. The lowest BCUT2D eigenvalue weighted by molar-refractivity contribution is -0.137. The van der Waals surface area contributed by atoms with Crippen LogP contribution in [0, 0.1) is 0 Å². The molecule has 2 atom stereocenters. The van der Waals surface area contributed by atoms with E-state index in [4.69, 9.17) is 0 Å². The molecule has 1 fully saturated rings. The van der Waals surface area contributed by atoms with Crippen molar-refractivity contribution in [1.82, 2.24) is 10.2 Å². The maximum atomic E-state index is 11.9. The molecule has 3 nitrogen and oxygen atoms in total. The minimum Gasteiger partial charge on any atom is -0.337 e. The number of piperidine rings is 1. The number of rotatable bonds is 3. The molecule has 82 valence electrons. The van der Waals surface area contributed by atoms with E-state index in [9.17, 15) is 4.79 Å². The van der Waals surface area contributed by atoms with Gasteiger partial charge in [-0.2, -0.15) is 0 Å². The first-order valence-corrected chi connectivity index (χ1v) is 5.62. The van der Waals surface area contributed by atoms with E-state index in [1.54, 1.807) is 0 Å². The van der Waals surface area contributed by atoms with Crippen molar-refractivity contribution < 1.29 is 4.79 Å². The highest BCUT2D eigenvalue weighted by Gasteiger charge is 2.27. The van der Waals surface area contributed by atoms with Crippen LogP contribution in [0.5, 0.6) is 0 Å². The molecular formula is C11H22N2O. The van der Waals surface area contributed by atoms with Gasteiger partial charge in [0.05, 0.1) is 0 Å². The van der Waals surface area contributed by atoms with Gasteiger partial charge in [0.15, 0.2) is 0 Å². The first kappa shape index (κ1) is 11.5. The van der Waals surface area contributed by atoms with Crippen LogP contribution >= 0.6 is 0 Å². The third-order valence-corrected chi connectivity index (χ3v) is 3.07. The minimum absolute atomic E-state index is 0.305. The van der Waals surface area contributed by atoms with Crippen molar-refractivity contribution in [3.05, 3.63) is 0 Å². The molecule has 1 saturated heterocycles. The van der Waals surface area contributed by atoms with Crippen molar-refractivity contribution in [2.45, 2.75) is 51.6 Å². The van der Waals surface area contributed by atoms with Crippen LogP contribution in [-0.4, -0.2) is 36.5 Å². The molecule has 0 spiro atoms. The van der Waals surface area contributed by atoms with E-state index >= 15 is 0 Å². The van der Waals surface area contributed by atoms with Crippen LogP contribution in [0.4, 0.5) is 0 Å². The van der Waals surface area contributed by atoms with Crippen molar-refractivity contribution in [3.8, 4) is 0 Å². The molecule has 0 saturated carbocycles. The summed E-state index contributed by atoms with van der Waals surface area (Å²) in [5.74, 6) is 0.305. The van der Waals surface area contributed by atoms with Gasteiger partial charge in [-0.3, -0.25) is 4.79 Å². The van der Waals surface area contributed by atoms with E-state index in [1.807, 2.05) is 7.05 Å². The molecule has 0 aromatic carbocycles. The van der Waals surface area contributed by atoms with E-state index in [0.717, 1.165) is 19.4 Å². The second-order valence-electron chi connectivity index (χ2n) is 4.28. The van der Waals surface area contributed by atoms with Gasteiger partial charge in [0.25, 0.3) is 0 Å². The zero-order valence-corrected chi connectivity index (χ0v) is 9.55. The summed E-state index contributed by atoms with van der Waals surface area (Å²) in [7, 11) is 1.89. The number of hydrogen-bond donors (Lipinski definition) is 1. The van der Waals surface area contributed by atoms with Gasteiger partial charge >= 0.3 is 0 Å². The Morgan fingerprint density at radius 3 is 2.43 bits per heavy atom. The maximum Gasteiger partial charge on any atom is 0.224 e. The van der Waals surface area contributed by atoms with E-state index in [2.05, 4.69) is 24.1 Å². The van der Waals surface area contributed by atoms with Crippen LogP contribution in [0.3, 0.4) is 0 Å². The van der Waals surface area contributed by atoms with Gasteiger partial charge in [-0.15, -0.1) is 0 Å². The molecule has 0 aromatic heterocycles. The average molecular weight is 198 g/mol. The Bertz CT molecular complexity index is 184. The predicted molar refractivity (Wildman–Crippen MR) is 58.2 cm³/mol. The molecule has 1 N–H and O–H groups in total. The standard InChI is InChI=1S/C11H22N2O/c1-9-5-4-6-10(2)13(9)11(14)7-8-12-3/h9-10,12H,4-8H2,1-3H3. The molecule has 0 aromatic rings. The maximum absolute atomic E-state index is 11.9. The van der Waals surface area contributed by atoms with Crippen LogP contribution < -0.4 is 5.32 Å². The Balaban J connectivity index is 2.49. The van der Waals surface area contributed by atoms with Crippen molar-refractivity contribution in [2.24, 2.45) is 0 Å². The van der Waals surface area contributed by atoms with Crippen molar-refractivity contribution in [3.63, 3.8) is 0 Å². The zero-order chi connectivity index (χ0) is 10.6. The Hall–Kier alpha value is -0.570. The second kappa shape index (κ2) is 5.35. The minimum atomic E-state index is 0.305. The van der Waals surface area contributed by atoms with Gasteiger partial charge in [-0.05, 0) is 40.2 Å². The number of carbonyl (C=O) groups excluding carboxylic acids is 1. The van der Waals surface area contributed by atoms with Crippen molar-refractivity contribution in [1.29, 1.82) is 0 Å². The summed E-state index contributed by atoms with van der Waals surface area (Å²) in [5.41, 5.74) is 0. The Kier molecular flexibility index (Phi) is 4.39. The molecular weight excluding hydrogens is 176 g/mol. The van der Waals surface area contributed by atoms with Gasteiger partial charge in [-0.1, -0.05) is 0 Å². The lowest BCUT2D eigenvalue weighted by Gasteiger charge is -2.39. The summed E-state index contributed by atoms with van der Waals surface area (Å²) in [6, 6.07) is 0.867. The number of likely N-dealkylation sites (tertiary alicyclic amines) is 1. The van der Waals surface area contributed by atoms with E-state index in [0.29, 0.717) is 24.4 Å². The van der Waals surface area contributed by atoms with Gasteiger partial charge in [-0.25, -0.2) is 0 Å². The molecule has 1 rings (SSSR count). The van der Waals surface area contributed by atoms with Gasteiger partial charge in [0.2, 0.25) is 5.91 Å². The van der Waals surface area contributed by atoms with Crippen molar-refractivity contribution in [2.75, 3.05) is 13.6 Å². The third-order valence-electron chi connectivity index (χ3n) is 3.07. The summed E-state index contributed by atoms with van der Waals surface area (Å²) in [4.78, 5) is 13.9. The molecule has 3 heteroatoms. The van der Waals surface area contributed by atoms with Crippen LogP contribution in [0.25, 0.3) is 0 Å². The highest BCUT2D eigenvalue weighted by molar-refractivity contribution is 5.77. The molecule has 1 heterocycles. The molecule has 1 amide bonds. The Morgan fingerprint density at radius 2 is 1.93 bits per heavy atom. The highest BCUT2D eigenvalue weighted by atomic mass is 16.2. The van der Waals surface area contributed by atoms with Crippen LogP contribution in [0.1, 0.15) is 39.5 Å². The zero-order valence-electron chi connectivity index (χ0n) is 9.55. The molecule has 0 radical (unpaired) electrons. The summed E-state index contributed by atoms with van der Waals surface area (Å²) in [6.45, 7) is 5.11. The summed E-state index contributed by atoms with van der Waals surface area (Å²) >= 11 is 0. The predicted octanol–water partition coefficient (Wildman–Crippen LogP) is 1.39.